The van der Waals surface area contributed by atoms with Gasteiger partial charge in [0, 0.05) is 0 Å². The lowest BCUT2D eigenvalue weighted by Crippen LogP contribution is -2.04. The highest BCUT2D eigenvalue weighted by Crippen LogP contribution is 2.30. The fraction of sp³-hybridized carbons (Fsp3) is 0.278. The Labute approximate surface area is 143 Å². The van der Waals surface area contributed by atoms with E-state index in [0.717, 1.165) is 22.8 Å². The molecule has 3 heterocycles. The number of aromatic nitrogens is 6. The molecule has 0 atom stereocenters. The summed E-state index contributed by atoms with van der Waals surface area (Å²) in [5.74, 6) is 0. The van der Waals surface area contributed by atoms with Crippen LogP contribution >= 0.6 is 0 Å². The Balaban J connectivity index is 2.38. The van der Waals surface area contributed by atoms with Crippen LogP contribution in [0.25, 0.3) is 33.1 Å². The summed E-state index contributed by atoms with van der Waals surface area (Å²) in [5.41, 5.74) is 7.79. The van der Waals surface area contributed by atoms with Gasteiger partial charge in [-0.2, -0.15) is 0 Å². The zero-order valence-electron chi connectivity index (χ0n) is 14.7. The molecule has 0 saturated carbocycles. The van der Waals surface area contributed by atoms with Crippen molar-refractivity contribution in [3.8, 4) is 0 Å². The molecule has 7 nitrogen and oxygen atoms in total. The van der Waals surface area contributed by atoms with E-state index in [-0.39, 0.29) is 0 Å². The normalized spacial score (nSPS) is 11.6. The predicted octanol–water partition coefficient (Wildman–Crippen LogP) is 2.87. The highest BCUT2D eigenvalue weighted by Gasteiger charge is 2.19. The third-order valence-corrected chi connectivity index (χ3v) is 4.51. The van der Waals surface area contributed by atoms with Gasteiger partial charge in [-0.1, -0.05) is 0 Å². The van der Waals surface area contributed by atoms with Crippen LogP contribution < -0.4 is 0 Å². The summed E-state index contributed by atoms with van der Waals surface area (Å²) in [4.78, 5) is 39.1. The van der Waals surface area contributed by atoms with E-state index in [2.05, 4.69) is 24.9 Å². The Kier molecular flexibility index (Phi) is 3.21. The minimum absolute atomic E-state index is 0.296. The number of carbonyl (C=O) groups excluding carboxylic acids is 1. The molecule has 7 heteroatoms. The molecule has 25 heavy (non-hydrogen) atoms. The standard InChI is InChI=1S/C18H16N6O/c1-7-8(2)21-15-13(19-7)14-16(22-10(4)9(3)20-14)18-17(15)23-11(5)12(6-25)24-18/h6H,1-5H3. The first-order valence-electron chi connectivity index (χ1n) is 7.96. The van der Waals surface area contributed by atoms with Gasteiger partial charge in [-0.05, 0) is 34.6 Å². The van der Waals surface area contributed by atoms with E-state index in [1.807, 2.05) is 27.7 Å². The third kappa shape index (κ3) is 2.15. The number of hydrogen-bond donors (Lipinski definition) is 0. The molecule has 124 valence electrons. The highest BCUT2D eigenvalue weighted by molar-refractivity contribution is 6.18. The van der Waals surface area contributed by atoms with Crippen LogP contribution in [0.1, 0.15) is 39.0 Å². The van der Waals surface area contributed by atoms with Crippen molar-refractivity contribution in [1.82, 2.24) is 29.9 Å². The second kappa shape index (κ2) is 5.20. The van der Waals surface area contributed by atoms with Crippen molar-refractivity contribution in [2.75, 3.05) is 0 Å². The first-order chi connectivity index (χ1) is 11.9. The monoisotopic (exact) mass is 332 g/mol. The Morgan fingerprint density at radius 2 is 0.760 bits per heavy atom. The van der Waals surface area contributed by atoms with Crippen LogP contribution in [0.5, 0.6) is 0 Å². The van der Waals surface area contributed by atoms with Crippen LogP contribution in [0.2, 0.25) is 0 Å². The van der Waals surface area contributed by atoms with Crippen molar-refractivity contribution in [2.45, 2.75) is 34.6 Å². The molecule has 0 saturated heterocycles. The first kappa shape index (κ1) is 15.4. The number of aryl methyl sites for hydroxylation is 5. The van der Waals surface area contributed by atoms with Crippen LogP contribution in [-0.2, 0) is 0 Å². The Bertz CT molecular complexity index is 1180. The number of aldehydes is 1. The van der Waals surface area contributed by atoms with Crippen molar-refractivity contribution in [3.05, 3.63) is 34.2 Å². The summed E-state index contributed by atoms with van der Waals surface area (Å²) >= 11 is 0. The minimum atomic E-state index is 0.296. The maximum absolute atomic E-state index is 11.3. The summed E-state index contributed by atoms with van der Waals surface area (Å²) in [5, 5.41) is 0. The zero-order chi connectivity index (χ0) is 17.9. The Morgan fingerprint density at radius 3 is 1.08 bits per heavy atom. The number of hydrogen-bond acceptors (Lipinski definition) is 7. The van der Waals surface area contributed by atoms with E-state index < -0.39 is 0 Å². The van der Waals surface area contributed by atoms with Gasteiger partial charge in [-0.15, -0.1) is 0 Å². The summed E-state index contributed by atoms with van der Waals surface area (Å²) in [7, 11) is 0. The third-order valence-electron chi connectivity index (χ3n) is 4.51. The van der Waals surface area contributed by atoms with Crippen molar-refractivity contribution in [3.63, 3.8) is 0 Å². The zero-order valence-corrected chi connectivity index (χ0v) is 14.7. The maximum Gasteiger partial charge on any atom is 0.170 e. The summed E-state index contributed by atoms with van der Waals surface area (Å²) in [6.07, 6.45) is 0.707. The maximum atomic E-state index is 11.3. The Hall–Kier alpha value is -3.09. The number of benzene rings is 1. The molecule has 0 bridgehead atoms. The van der Waals surface area contributed by atoms with Crippen LogP contribution in [0, 0.1) is 34.6 Å². The van der Waals surface area contributed by atoms with Gasteiger partial charge >= 0.3 is 0 Å². The molecule has 0 spiro atoms. The SMILES string of the molecule is Cc1nc2c3nc(C)c(C)nc3c3nc(C=O)c(C)nc3c2nc1C. The predicted molar refractivity (Wildman–Crippen MR) is 94.8 cm³/mol. The number of rotatable bonds is 1. The minimum Gasteiger partial charge on any atom is -0.296 e. The van der Waals surface area contributed by atoms with E-state index in [1.54, 1.807) is 6.92 Å². The van der Waals surface area contributed by atoms with Gasteiger partial charge in [-0.25, -0.2) is 29.9 Å². The van der Waals surface area contributed by atoms with E-state index >= 15 is 0 Å². The molecule has 0 unspecified atom stereocenters. The quantitative estimate of drug-likeness (QED) is 0.391. The van der Waals surface area contributed by atoms with Crippen LogP contribution in [-0.4, -0.2) is 36.2 Å². The molecule has 0 aliphatic carbocycles. The summed E-state index contributed by atoms with van der Waals surface area (Å²) < 4.78 is 0. The average molecular weight is 332 g/mol. The largest absolute Gasteiger partial charge is 0.296 e. The van der Waals surface area contributed by atoms with Crippen molar-refractivity contribution < 1.29 is 4.79 Å². The smallest absolute Gasteiger partial charge is 0.170 e. The van der Waals surface area contributed by atoms with Crippen LogP contribution in [0.15, 0.2) is 0 Å². The molecule has 0 N–H and O–H groups in total. The second-order valence-corrected chi connectivity index (χ2v) is 6.19. The van der Waals surface area contributed by atoms with Gasteiger partial charge in [0.1, 0.15) is 38.8 Å². The topological polar surface area (TPSA) is 94.4 Å². The Morgan fingerprint density at radius 1 is 0.480 bits per heavy atom. The molecule has 0 amide bonds. The number of fused-ring (bicyclic) bond motifs is 6. The van der Waals surface area contributed by atoms with Gasteiger partial charge in [0.05, 0.1) is 28.5 Å². The van der Waals surface area contributed by atoms with E-state index in [0.29, 0.717) is 50.8 Å². The van der Waals surface area contributed by atoms with Crippen molar-refractivity contribution >= 4 is 39.4 Å². The van der Waals surface area contributed by atoms with Crippen molar-refractivity contribution in [2.24, 2.45) is 0 Å². The van der Waals surface area contributed by atoms with Gasteiger partial charge < -0.3 is 0 Å². The van der Waals surface area contributed by atoms with Gasteiger partial charge in [0.25, 0.3) is 0 Å². The van der Waals surface area contributed by atoms with Crippen LogP contribution in [0.4, 0.5) is 0 Å². The van der Waals surface area contributed by atoms with Crippen LogP contribution in [0.3, 0.4) is 0 Å². The number of nitrogens with zero attached hydrogens (tertiary/aromatic N) is 6. The lowest BCUT2D eigenvalue weighted by molar-refractivity contribution is 0.111. The molecule has 4 rings (SSSR count). The first-order valence-corrected chi connectivity index (χ1v) is 7.96. The lowest BCUT2D eigenvalue weighted by Gasteiger charge is -2.11. The summed E-state index contributed by atoms with van der Waals surface area (Å²) in [6.45, 7) is 9.38. The molecule has 0 fully saturated rings. The van der Waals surface area contributed by atoms with E-state index in [1.165, 1.54) is 0 Å². The average Bonchev–Trinajstić information content (AvgIpc) is 2.58. The molecule has 0 aliphatic heterocycles. The van der Waals surface area contributed by atoms with Gasteiger partial charge in [-0.3, -0.25) is 4.79 Å². The summed E-state index contributed by atoms with van der Waals surface area (Å²) in [6, 6.07) is 0. The van der Waals surface area contributed by atoms with E-state index in [4.69, 9.17) is 4.98 Å². The molecule has 4 aromatic rings. The number of carbonyl (C=O) groups is 1. The van der Waals surface area contributed by atoms with Crippen molar-refractivity contribution in [1.29, 1.82) is 0 Å². The highest BCUT2D eigenvalue weighted by atomic mass is 16.1. The second-order valence-electron chi connectivity index (χ2n) is 6.19. The fourth-order valence-corrected chi connectivity index (χ4v) is 2.84. The molecule has 0 radical (unpaired) electrons. The molecular formula is C18H16N6O. The molecule has 1 aromatic carbocycles. The molecule has 3 aromatic heterocycles. The molecular weight excluding hydrogens is 316 g/mol. The van der Waals surface area contributed by atoms with Gasteiger partial charge in [0.2, 0.25) is 0 Å². The van der Waals surface area contributed by atoms with Gasteiger partial charge in [0.15, 0.2) is 6.29 Å². The van der Waals surface area contributed by atoms with E-state index in [9.17, 15) is 4.79 Å². The lowest BCUT2D eigenvalue weighted by atomic mass is 10.1. The molecule has 0 aliphatic rings. The fourth-order valence-electron chi connectivity index (χ4n) is 2.84.